The molecule has 0 aliphatic carbocycles. The van der Waals surface area contributed by atoms with Crippen LogP contribution in [0.1, 0.15) is 5.56 Å². The molecule has 2 rings (SSSR count). The zero-order valence-corrected chi connectivity index (χ0v) is 7.28. The molecule has 1 heterocycles. The summed E-state index contributed by atoms with van der Waals surface area (Å²) >= 11 is 5.82. The second-order valence-corrected chi connectivity index (χ2v) is 2.87. The van der Waals surface area contributed by atoms with Crippen molar-refractivity contribution < 1.29 is 0 Å². The molecule has 0 spiro atoms. The van der Waals surface area contributed by atoms with Gasteiger partial charge >= 0.3 is 0 Å². The van der Waals surface area contributed by atoms with Crippen LogP contribution in [-0.2, 0) is 0 Å². The minimum absolute atomic E-state index is 0.412. The van der Waals surface area contributed by atoms with E-state index < -0.39 is 0 Å². The molecule has 1 aromatic heterocycles. The summed E-state index contributed by atoms with van der Waals surface area (Å²) in [6.45, 7) is 0. The van der Waals surface area contributed by atoms with Gasteiger partial charge in [-0.1, -0.05) is 11.6 Å². The fourth-order valence-electron chi connectivity index (χ4n) is 1.09. The number of benzene rings is 1. The zero-order valence-electron chi connectivity index (χ0n) is 6.53. The molecule has 1 aromatic carbocycles. The normalized spacial score (nSPS) is 9.85. The van der Waals surface area contributed by atoms with Crippen LogP contribution in [-0.4, -0.2) is 9.97 Å². The molecule has 0 unspecified atom stereocenters. The van der Waals surface area contributed by atoms with E-state index in [0.29, 0.717) is 16.2 Å². The third-order valence-electron chi connectivity index (χ3n) is 1.72. The van der Waals surface area contributed by atoms with Gasteiger partial charge in [-0.05, 0) is 18.2 Å². The fraction of sp³-hybridized carbons (Fsp3) is 0. The van der Waals surface area contributed by atoms with Crippen molar-refractivity contribution in [1.82, 2.24) is 9.97 Å². The number of hydrogen-bond acceptors (Lipinski definition) is 3. The largest absolute Gasteiger partial charge is 0.236 e. The Labute approximate surface area is 79.6 Å². The van der Waals surface area contributed by atoms with E-state index >= 15 is 0 Å². The fourth-order valence-corrected chi connectivity index (χ4v) is 1.30. The van der Waals surface area contributed by atoms with Gasteiger partial charge in [0.1, 0.15) is 11.5 Å². The van der Waals surface area contributed by atoms with E-state index in [1.54, 1.807) is 18.2 Å². The number of aromatic nitrogens is 2. The molecule has 0 amide bonds. The lowest BCUT2D eigenvalue weighted by atomic mass is 10.2. The summed E-state index contributed by atoms with van der Waals surface area (Å²) in [7, 11) is 0. The van der Waals surface area contributed by atoms with Crippen LogP contribution in [0.2, 0.25) is 5.15 Å². The summed E-state index contributed by atoms with van der Waals surface area (Å²) in [5.41, 5.74) is 1.27. The number of nitrogens with zero attached hydrogens (tertiary/aromatic N) is 3. The van der Waals surface area contributed by atoms with Crippen LogP contribution in [0.15, 0.2) is 24.5 Å². The van der Waals surface area contributed by atoms with E-state index in [4.69, 9.17) is 16.9 Å². The maximum absolute atomic E-state index is 8.64. The highest BCUT2D eigenvalue weighted by atomic mass is 35.5. The molecule has 0 radical (unpaired) electrons. The predicted octanol–water partition coefficient (Wildman–Crippen LogP) is 2.15. The highest BCUT2D eigenvalue weighted by molar-refractivity contribution is 6.34. The molecule has 62 valence electrons. The third kappa shape index (κ3) is 1.32. The quantitative estimate of drug-likeness (QED) is 0.597. The van der Waals surface area contributed by atoms with Gasteiger partial charge < -0.3 is 0 Å². The molecule has 0 bridgehead atoms. The maximum Gasteiger partial charge on any atom is 0.140 e. The molecular weight excluding hydrogens is 186 g/mol. The van der Waals surface area contributed by atoms with Gasteiger partial charge in [-0.15, -0.1) is 0 Å². The summed E-state index contributed by atoms with van der Waals surface area (Å²) in [4.78, 5) is 7.84. The van der Waals surface area contributed by atoms with Gasteiger partial charge in [-0.3, -0.25) is 0 Å². The SMILES string of the molecule is N#Cc1ccc2c(Cl)ncnc2c1. The first-order chi connectivity index (χ1) is 6.31. The summed E-state index contributed by atoms with van der Waals surface area (Å²) in [6, 6.07) is 7.16. The van der Waals surface area contributed by atoms with Crippen molar-refractivity contribution in [3.63, 3.8) is 0 Å². The molecular formula is C9H4ClN3. The van der Waals surface area contributed by atoms with Crippen molar-refractivity contribution in [3.8, 4) is 6.07 Å². The number of nitriles is 1. The molecule has 0 atom stereocenters. The monoisotopic (exact) mass is 189 g/mol. The van der Waals surface area contributed by atoms with E-state index in [2.05, 4.69) is 9.97 Å². The predicted molar refractivity (Wildman–Crippen MR) is 49.3 cm³/mol. The second kappa shape index (κ2) is 3.00. The second-order valence-electron chi connectivity index (χ2n) is 2.51. The third-order valence-corrected chi connectivity index (χ3v) is 2.02. The van der Waals surface area contributed by atoms with Crippen molar-refractivity contribution >= 4 is 22.5 Å². The van der Waals surface area contributed by atoms with E-state index in [9.17, 15) is 0 Å². The topological polar surface area (TPSA) is 49.6 Å². The molecule has 0 N–H and O–H groups in total. The van der Waals surface area contributed by atoms with Gasteiger partial charge in [0, 0.05) is 5.39 Å². The Morgan fingerprint density at radius 3 is 2.92 bits per heavy atom. The highest BCUT2D eigenvalue weighted by Gasteiger charge is 2.00. The van der Waals surface area contributed by atoms with Crippen LogP contribution in [0.5, 0.6) is 0 Å². The van der Waals surface area contributed by atoms with Gasteiger partial charge in [0.15, 0.2) is 0 Å². The Morgan fingerprint density at radius 1 is 1.31 bits per heavy atom. The Balaban J connectivity index is 2.82. The standard InChI is InChI=1S/C9H4ClN3/c10-9-7-2-1-6(4-11)3-8(7)12-5-13-9/h1-3,5H. The van der Waals surface area contributed by atoms with Crippen molar-refractivity contribution in [2.45, 2.75) is 0 Å². The van der Waals surface area contributed by atoms with Crippen molar-refractivity contribution in [3.05, 3.63) is 35.2 Å². The Morgan fingerprint density at radius 2 is 2.15 bits per heavy atom. The molecule has 2 aromatic rings. The van der Waals surface area contributed by atoms with E-state index in [-0.39, 0.29) is 0 Å². The van der Waals surface area contributed by atoms with Gasteiger partial charge in [0.2, 0.25) is 0 Å². The number of hydrogen-bond donors (Lipinski definition) is 0. The molecule has 3 nitrogen and oxygen atoms in total. The lowest BCUT2D eigenvalue weighted by molar-refractivity contribution is 1.22. The van der Waals surface area contributed by atoms with Crippen molar-refractivity contribution in [1.29, 1.82) is 5.26 Å². The Hall–Kier alpha value is -1.66. The first-order valence-corrected chi connectivity index (χ1v) is 3.99. The molecule has 0 fully saturated rings. The van der Waals surface area contributed by atoms with Gasteiger partial charge in [-0.25, -0.2) is 9.97 Å². The van der Waals surface area contributed by atoms with Crippen LogP contribution in [0.25, 0.3) is 10.9 Å². The maximum atomic E-state index is 8.64. The lowest BCUT2D eigenvalue weighted by Gasteiger charge is -1.97. The number of rotatable bonds is 0. The molecule has 0 aliphatic rings. The molecule has 0 saturated heterocycles. The molecule has 4 heteroatoms. The highest BCUT2D eigenvalue weighted by Crippen LogP contribution is 2.19. The average molecular weight is 190 g/mol. The molecule has 13 heavy (non-hydrogen) atoms. The van der Waals surface area contributed by atoms with E-state index in [0.717, 1.165) is 5.39 Å². The number of fused-ring (bicyclic) bond motifs is 1. The summed E-state index contributed by atoms with van der Waals surface area (Å²) in [6.07, 6.45) is 1.38. The Kier molecular flexibility index (Phi) is 1.84. The zero-order chi connectivity index (χ0) is 9.26. The van der Waals surface area contributed by atoms with Gasteiger partial charge in [0.25, 0.3) is 0 Å². The first-order valence-electron chi connectivity index (χ1n) is 3.61. The minimum Gasteiger partial charge on any atom is -0.236 e. The van der Waals surface area contributed by atoms with E-state index in [1.807, 2.05) is 6.07 Å². The minimum atomic E-state index is 0.412. The molecule has 0 aliphatic heterocycles. The first kappa shape index (κ1) is 7.96. The van der Waals surface area contributed by atoms with Gasteiger partial charge in [0.05, 0.1) is 17.1 Å². The van der Waals surface area contributed by atoms with Crippen LogP contribution < -0.4 is 0 Å². The number of halogens is 1. The average Bonchev–Trinajstić information content (AvgIpc) is 2.18. The smallest absolute Gasteiger partial charge is 0.140 e. The van der Waals surface area contributed by atoms with E-state index in [1.165, 1.54) is 6.33 Å². The Bertz CT molecular complexity index is 502. The summed E-state index contributed by atoms with van der Waals surface area (Å²) < 4.78 is 0. The van der Waals surface area contributed by atoms with Crippen LogP contribution in [0.4, 0.5) is 0 Å². The summed E-state index contributed by atoms with van der Waals surface area (Å²) in [5, 5.41) is 9.82. The van der Waals surface area contributed by atoms with Crippen LogP contribution in [0.3, 0.4) is 0 Å². The van der Waals surface area contributed by atoms with Crippen LogP contribution in [0, 0.1) is 11.3 Å². The van der Waals surface area contributed by atoms with Crippen molar-refractivity contribution in [2.24, 2.45) is 0 Å². The van der Waals surface area contributed by atoms with Gasteiger partial charge in [-0.2, -0.15) is 5.26 Å². The lowest BCUT2D eigenvalue weighted by Crippen LogP contribution is -1.84. The molecule has 0 saturated carbocycles. The van der Waals surface area contributed by atoms with Crippen LogP contribution >= 0.6 is 11.6 Å². The summed E-state index contributed by atoms with van der Waals surface area (Å²) in [5.74, 6) is 0. The van der Waals surface area contributed by atoms with Crippen molar-refractivity contribution in [2.75, 3.05) is 0 Å².